The number of carbonyl (C=O) groups excluding carboxylic acids is 1. The Balaban J connectivity index is 1.82. The Morgan fingerprint density at radius 2 is 1.73 bits per heavy atom. The molecular weight excluding hydrogens is 400 g/mol. The standard InChI is InChI=1S/C23H30N2O4S/c1-15-8-9-20(29-5)21(13-15)30(27,28)25-10-6-7-19(14-25)23(26)24-22-17(3)11-16(2)12-18(22)4/h8-9,11-13,19H,6-7,10,14H2,1-5H3,(H,24,26). The highest BCUT2D eigenvalue weighted by molar-refractivity contribution is 7.89. The van der Waals surface area contributed by atoms with Gasteiger partial charge in [-0.15, -0.1) is 0 Å². The van der Waals surface area contributed by atoms with Gasteiger partial charge in [-0.25, -0.2) is 8.42 Å². The number of hydrogen-bond donors (Lipinski definition) is 1. The van der Waals surface area contributed by atoms with Crippen molar-refractivity contribution in [1.29, 1.82) is 0 Å². The van der Waals surface area contributed by atoms with E-state index in [1.807, 2.05) is 45.9 Å². The largest absolute Gasteiger partial charge is 0.495 e. The van der Waals surface area contributed by atoms with Crippen molar-refractivity contribution in [1.82, 2.24) is 4.31 Å². The first-order valence-corrected chi connectivity index (χ1v) is 11.6. The van der Waals surface area contributed by atoms with Gasteiger partial charge in [-0.2, -0.15) is 4.31 Å². The second-order valence-corrected chi connectivity index (χ2v) is 10.0. The van der Waals surface area contributed by atoms with Crippen molar-refractivity contribution in [2.75, 3.05) is 25.5 Å². The van der Waals surface area contributed by atoms with E-state index < -0.39 is 15.9 Å². The summed E-state index contributed by atoms with van der Waals surface area (Å²) in [5, 5.41) is 3.03. The van der Waals surface area contributed by atoms with Gasteiger partial charge in [0.1, 0.15) is 10.6 Å². The van der Waals surface area contributed by atoms with E-state index >= 15 is 0 Å². The maximum absolute atomic E-state index is 13.3. The van der Waals surface area contributed by atoms with Gasteiger partial charge in [-0.3, -0.25) is 4.79 Å². The number of methoxy groups -OCH3 is 1. The maximum Gasteiger partial charge on any atom is 0.246 e. The van der Waals surface area contributed by atoms with Crippen LogP contribution < -0.4 is 10.1 Å². The summed E-state index contributed by atoms with van der Waals surface area (Å²) in [4.78, 5) is 13.1. The van der Waals surface area contributed by atoms with E-state index in [4.69, 9.17) is 4.74 Å². The molecule has 30 heavy (non-hydrogen) atoms. The van der Waals surface area contributed by atoms with Crippen LogP contribution in [0.2, 0.25) is 0 Å². The number of piperidine rings is 1. The highest BCUT2D eigenvalue weighted by atomic mass is 32.2. The molecule has 1 amide bonds. The Labute approximate surface area is 179 Å². The van der Waals surface area contributed by atoms with E-state index in [0.717, 1.165) is 27.9 Å². The Morgan fingerprint density at radius 3 is 2.37 bits per heavy atom. The van der Waals surface area contributed by atoms with E-state index in [1.165, 1.54) is 11.4 Å². The molecule has 1 unspecified atom stereocenters. The first kappa shape index (κ1) is 22.3. The number of carbonyl (C=O) groups is 1. The lowest BCUT2D eigenvalue weighted by Crippen LogP contribution is -2.43. The number of rotatable bonds is 5. The molecule has 1 fully saturated rings. The quantitative estimate of drug-likeness (QED) is 0.779. The van der Waals surface area contributed by atoms with Crippen LogP contribution in [0.4, 0.5) is 5.69 Å². The minimum absolute atomic E-state index is 0.138. The van der Waals surface area contributed by atoms with E-state index in [9.17, 15) is 13.2 Å². The molecule has 0 radical (unpaired) electrons. The molecule has 1 heterocycles. The summed E-state index contributed by atoms with van der Waals surface area (Å²) in [6.45, 7) is 8.36. The molecule has 162 valence electrons. The Morgan fingerprint density at radius 1 is 1.07 bits per heavy atom. The lowest BCUT2D eigenvalue weighted by atomic mass is 9.98. The van der Waals surface area contributed by atoms with Crippen LogP contribution in [-0.4, -0.2) is 38.8 Å². The maximum atomic E-state index is 13.3. The number of nitrogens with zero attached hydrogens (tertiary/aromatic N) is 1. The molecule has 2 aromatic carbocycles. The normalized spacial score (nSPS) is 17.6. The summed E-state index contributed by atoms with van der Waals surface area (Å²) in [5.41, 5.74) is 4.80. The van der Waals surface area contributed by atoms with Crippen molar-refractivity contribution in [2.24, 2.45) is 5.92 Å². The summed E-state index contributed by atoms with van der Waals surface area (Å²) in [6.07, 6.45) is 1.30. The first-order chi connectivity index (χ1) is 14.1. The molecule has 3 rings (SSSR count). The molecule has 0 spiro atoms. The van der Waals surface area contributed by atoms with E-state index in [0.29, 0.717) is 25.1 Å². The number of ether oxygens (including phenoxy) is 1. The summed E-state index contributed by atoms with van der Waals surface area (Å²) in [6, 6.07) is 9.17. The van der Waals surface area contributed by atoms with Crippen LogP contribution in [0.25, 0.3) is 0 Å². The van der Waals surface area contributed by atoms with E-state index in [-0.39, 0.29) is 17.3 Å². The average Bonchev–Trinajstić information content (AvgIpc) is 2.70. The number of amides is 1. The first-order valence-electron chi connectivity index (χ1n) is 10.2. The molecule has 1 saturated heterocycles. The zero-order chi connectivity index (χ0) is 22.1. The Hall–Kier alpha value is -2.38. The third-order valence-electron chi connectivity index (χ3n) is 5.62. The molecule has 1 aliphatic rings. The molecule has 1 N–H and O–H groups in total. The second kappa shape index (κ2) is 8.78. The van der Waals surface area contributed by atoms with Gasteiger partial charge in [0.2, 0.25) is 15.9 Å². The van der Waals surface area contributed by atoms with Gasteiger partial charge >= 0.3 is 0 Å². The zero-order valence-corrected chi connectivity index (χ0v) is 19.1. The van der Waals surface area contributed by atoms with Gasteiger partial charge in [0.05, 0.1) is 13.0 Å². The van der Waals surface area contributed by atoms with Crippen molar-refractivity contribution in [2.45, 2.75) is 45.4 Å². The third kappa shape index (κ3) is 4.52. The summed E-state index contributed by atoms with van der Waals surface area (Å²) < 4.78 is 33.3. The van der Waals surface area contributed by atoms with Crippen LogP contribution in [0.15, 0.2) is 35.2 Å². The molecular formula is C23H30N2O4S. The van der Waals surface area contributed by atoms with Gasteiger partial charge in [0.25, 0.3) is 0 Å². The Bertz CT molecular complexity index is 1040. The van der Waals surface area contributed by atoms with Crippen molar-refractivity contribution >= 4 is 21.6 Å². The number of aryl methyl sites for hydroxylation is 4. The average molecular weight is 431 g/mol. The molecule has 0 bridgehead atoms. The highest BCUT2D eigenvalue weighted by Crippen LogP contribution is 2.31. The predicted octanol–water partition coefficient (Wildman–Crippen LogP) is 3.97. The second-order valence-electron chi connectivity index (χ2n) is 8.12. The summed E-state index contributed by atoms with van der Waals surface area (Å²) in [7, 11) is -2.30. The van der Waals surface area contributed by atoms with Gasteiger partial charge in [-0.1, -0.05) is 23.8 Å². The number of hydrogen-bond acceptors (Lipinski definition) is 4. The number of benzene rings is 2. The van der Waals surface area contributed by atoms with Crippen LogP contribution in [0, 0.1) is 33.6 Å². The van der Waals surface area contributed by atoms with Gasteiger partial charge in [-0.05, 0) is 69.4 Å². The molecule has 6 nitrogen and oxygen atoms in total. The SMILES string of the molecule is COc1ccc(C)cc1S(=O)(=O)N1CCCC(C(=O)Nc2c(C)cc(C)cc2C)C1. The molecule has 1 atom stereocenters. The number of sulfonamides is 1. The molecule has 1 aliphatic heterocycles. The van der Waals surface area contributed by atoms with Crippen LogP contribution in [0.3, 0.4) is 0 Å². The lowest BCUT2D eigenvalue weighted by molar-refractivity contribution is -0.120. The third-order valence-corrected chi connectivity index (χ3v) is 7.50. The zero-order valence-electron chi connectivity index (χ0n) is 18.3. The van der Waals surface area contributed by atoms with Gasteiger partial charge < -0.3 is 10.1 Å². The minimum Gasteiger partial charge on any atom is -0.495 e. The Kier molecular flexibility index (Phi) is 6.53. The van der Waals surface area contributed by atoms with Crippen LogP contribution in [-0.2, 0) is 14.8 Å². The van der Waals surface area contributed by atoms with Gasteiger partial charge in [0, 0.05) is 18.8 Å². The number of nitrogens with one attached hydrogen (secondary N) is 1. The monoisotopic (exact) mass is 430 g/mol. The van der Waals surface area contributed by atoms with E-state index in [2.05, 4.69) is 5.32 Å². The minimum atomic E-state index is -3.76. The molecule has 0 aliphatic carbocycles. The van der Waals surface area contributed by atoms with E-state index in [1.54, 1.807) is 12.1 Å². The molecule has 2 aromatic rings. The van der Waals surface area contributed by atoms with Crippen molar-refractivity contribution < 1.29 is 17.9 Å². The fraction of sp³-hybridized carbons (Fsp3) is 0.435. The smallest absolute Gasteiger partial charge is 0.246 e. The highest BCUT2D eigenvalue weighted by Gasteiger charge is 2.35. The van der Waals surface area contributed by atoms with Crippen LogP contribution in [0.1, 0.15) is 35.1 Å². The lowest BCUT2D eigenvalue weighted by Gasteiger charge is -2.32. The number of anilines is 1. The summed E-state index contributed by atoms with van der Waals surface area (Å²) >= 11 is 0. The predicted molar refractivity (Wildman–Crippen MR) is 118 cm³/mol. The molecule has 7 heteroatoms. The van der Waals surface area contributed by atoms with Crippen LogP contribution in [0.5, 0.6) is 5.75 Å². The molecule has 0 saturated carbocycles. The van der Waals surface area contributed by atoms with Crippen molar-refractivity contribution in [3.8, 4) is 5.75 Å². The fourth-order valence-electron chi connectivity index (χ4n) is 4.10. The van der Waals surface area contributed by atoms with Crippen molar-refractivity contribution in [3.63, 3.8) is 0 Å². The van der Waals surface area contributed by atoms with Crippen LogP contribution >= 0.6 is 0 Å². The fourth-order valence-corrected chi connectivity index (χ4v) is 5.87. The van der Waals surface area contributed by atoms with Gasteiger partial charge in [0.15, 0.2) is 0 Å². The van der Waals surface area contributed by atoms with Crippen molar-refractivity contribution in [3.05, 3.63) is 52.6 Å². The summed E-state index contributed by atoms with van der Waals surface area (Å²) in [5.74, 6) is -0.219. The molecule has 0 aromatic heterocycles. The topological polar surface area (TPSA) is 75.7 Å².